The van der Waals surface area contributed by atoms with Crippen LogP contribution in [0.15, 0.2) is 11.6 Å². The van der Waals surface area contributed by atoms with Gasteiger partial charge in [-0.25, -0.2) is 8.42 Å². The minimum absolute atomic E-state index is 0.0621. The molecule has 0 unspecified atom stereocenters. The van der Waals surface area contributed by atoms with E-state index in [0.717, 1.165) is 12.8 Å². The highest BCUT2D eigenvalue weighted by molar-refractivity contribution is 7.80. The average molecular weight is 249 g/mol. The Kier molecular flexibility index (Phi) is 7.62. The third kappa shape index (κ3) is 11.7. The van der Waals surface area contributed by atoms with Crippen molar-refractivity contribution < 1.29 is 17.2 Å². The van der Waals surface area contributed by atoms with Crippen LogP contribution >= 0.6 is 0 Å². The van der Waals surface area contributed by atoms with Gasteiger partial charge in [-0.15, -0.1) is 0 Å². The minimum Gasteiger partial charge on any atom is -0.726 e. The van der Waals surface area contributed by atoms with Crippen molar-refractivity contribution in [2.45, 2.75) is 46.5 Å². The molecule has 0 aromatic heterocycles. The molecule has 0 aromatic carbocycles. The molecule has 16 heavy (non-hydrogen) atoms. The van der Waals surface area contributed by atoms with Gasteiger partial charge in [0.15, 0.2) is 0 Å². The standard InChI is InChI=1S/C11H22O4S/c1-10(2)6-4-7-11(3)8-5-9-15-16(12,13)14/h8,10H,4-7,9H2,1-3H3,(H,12,13,14)/p-1/b11-8-. The highest BCUT2D eigenvalue weighted by Crippen LogP contribution is 2.12. The van der Waals surface area contributed by atoms with Crippen molar-refractivity contribution in [3.8, 4) is 0 Å². The van der Waals surface area contributed by atoms with Crippen LogP contribution in [0, 0.1) is 5.92 Å². The number of allylic oxidation sites excluding steroid dienone is 1. The van der Waals surface area contributed by atoms with Crippen molar-refractivity contribution in [3.05, 3.63) is 11.6 Å². The molecule has 0 aliphatic carbocycles. The Bertz CT molecular complexity index is 304. The normalized spacial score (nSPS) is 13.4. The number of hydrogen-bond donors (Lipinski definition) is 0. The fraction of sp³-hybridized carbons (Fsp3) is 0.818. The van der Waals surface area contributed by atoms with Gasteiger partial charge in [0.25, 0.3) is 0 Å². The van der Waals surface area contributed by atoms with Crippen LogP contribution in [0.2, 0.25) is 0 Å². The highest BCUT2D eigenvalue weighted by atomic mass is 32.3. The molecule has 0 atom stereocenters. The summed E-state index contributed by atoms with van der Waals surface area (Å²) in [5.74, 6) is 0.710. The Balaban J connectivity index is 3.63. The van der Waals surface area contributed by atoms with Crippen LogP contribution < -0.4 is 0 Å². The molecule has 0 aliphatic heterocycles. The molecule has 0 spiro atoms. The summed E-state index contributed by atoms with van der Waals surface area (Å²) in [6.07, 6.45) is 5.74. The van der Waals surface area contributed by atoms with E-state index in [4.69, 9.17) is 0 Å². The van der Waals surface area contributed by atoms with Crippen molar-refractivity contribution >= 4 is 10.4 Å². The van der Waals surface area contributed by atoms with E-state index >= 15 is 0 Å². The predicted molar refractivity (Wildman–Crippen MR) is 62.7 cm³/mol. The quantitative estimate of drug-likeness (QED) is 0.287. The van der Waals surface area contributed by atoms with Crippen LogP contribution in [0.5, 0.6) is 0 Å². The fourth-order valence-electron chi connectivity index (χ4n) is 1.35. The first-order valence-electron chi connectivity index (χ1n) is 5.57. The molecule has 0 saturated heterocycles. The Hall–Kier alpha value is -0.390. The predicted octanol–water partition coefficient (Wildman–Crippen LogP) is 2.63. The lowest BCUT2D eigenvalue weighted by Crippen LogP contribution is -2.04. The first-order chi connectivity index (χ1) is 7.31. The molecule has 4 nitrogen and oxygen atoms in total. The number of hydrogen-bond acceptors (Lipinski definition) is 4. The van der Waals surface area contributed by atoms with E-state index in [0.29, 0.717) is 12.3 Å². The van der Waals surface area contributed by atoms with E-state index in [-0.39, 0.29) is 6.61 Å². The van der Waals surface area contributed by atoms with Crippen LogP contribution in [0.25, 0.3) is 0 Å². The first-order valence-corrected chi connectivity index (χ1v) is 6.90. The van der Waals surface area contributed by atoms with Crippen molar-refractivity contribution in [3.63, 3.8) is 0 Å². The van der Waals surface area contributed by atoms with Crippen molar-refractivity contribution in [1.29, 1.82) is 0 Å². The summed E-state index contributed by atoms with van der Waals surface area (Å²) in [6.45, 7) is 6.32. The lowest BCUT2D eigenvalue weighted by Gasteiger charge is -2.07. The third-order valence-electron chi connectivity index (χ3n) is 2.19. The van der Waals surface area contributed by atoms with E-state index in [9.17, 15) is 13.0 Å². The van der Waals surface area contributed by atoms with Crippen molar-refractivity contribution in [1.82, 2.24) is 0 Å². The summed E-state index contributed by atoms with van der Waals surface area (Å²) in [7, 11) is -4.53. The van der Waals surface area contributed by atoms with E-state index in [1.54, 1.807) is 0 Å². The van der Waals surface area contributed by atoms with Gasteiger partial charge in [-0.1, -0.05) is 31.9 Å². The van der Waals surface area contributed by atoms with Crippen molar-refractivity contribution in [2.75, 3.05) is 6.61 Å². The molecule has 0 rings (SSSR count). The van der Waals surface area contributed by atoms with Crippen molar-refractivity contribution in [2.24, 2.45) is 5.92 Å². The molecule has 96 valence electrons. The van der Waals surface area contributed by atoms with Gasteiger partial charge in [0.1, 0.15) is 0 Å². The summed E-state index contributed by atoms with van der Waals surface area (Å²) in [5.41, 5.74) is 1.22. The smallest absolute Gasteiger partial charge is 0.217 e. The second kappa shape index (κ2) is 7.81. The van der Waals surface area contributed by atoms with E-state index in [2.05, 4.69) is 18.0 Å². The molecular formula is C11H21O4S-. The Morgan fingerprint density at radius 3 is 2.56 bits per heavy atom. The van der Waals surface area contributed by atoms with Gasteiger partial charge >= 0.3 is 0 Å². The van der Waals surface area contributed by atoms with Crippen LogP contribution in [0.4, 0.5) is 0 Å². The maximum Gasteiger partial charge on any atom is 0.217 e. The second-order valence-electron chi connectivity index (χ2n) is 4.36. The monoisotopic (exact) mass is 249 g/mol. The van der Waals surface area contributed by atoms with Gasteiger partial charge in [-0.2, -0.15) is 0 Å². The highest BCUT2D eigenvalue weighted by Gasteiger charge is 1.96. The molecule has 0 amide bonds. The summed E-state index contributed by atoms with van der Waals surface area (Å²) in [5, 5.41) is 0. The SMILES string of the molecule is C/C(=C/CCOS(=O)(=O)[O-])CCCC(C)C. The maximum atomic E-state index is 10.1. The van der Waals surface area contributed by atoms with Gasteiger partial charge in [0, 0.05) is 0 Å². The van der Waals surface area contributed by atoms with Gasteiger partial charge < -0.3 is 4.55 Å². The summed E-state index contributed by atoms with van der Waals surface area (Å²) < 4.78 is 34.5. The van der Waals surface area contributed by atoms with Gasteiger partial charge in [-0.3, -0.25) is 4.18 Å². The zero-order valence-corrected chi connectivity index (χ0v) is 11.0. The molecule has 0 N–H and O–H groups in total. The zero-order chi connectivity index (χ0) is 12.6. The second-order valence-corrected chi connectivity index (χ2v) is 5.41. The molecular weight excluding hydrogens is 228 g/mol. The molecule has 0 fully saturated rings. The summed E-state index contributed by atoms with van der Waals surface area (Å²) in [4.78, 5) is 0. The molecule has 0 aromatic rings. The summed E-state index contributed by atoms with van der Waals surface area (Å²) >= 11 is 0. The Morgan fingerprint density at radius 2 is 2.06 bits per heavy atom. The zero-order valence-electron chi connectivity index (χ0n) is 10.2. The van der Waals surface area contributed by atoms with Crippen LogP contribution in [0.3, 0.4) is 0 Å². The Morgan fingerprint density at radius 1 is 1.44 bits per heavy atom. The third-order valence-corrected chi connectivity index (χ3v) is 2.65. The van der Waals surface area contributed by atoms with Gasteiger partial charge in [0.2, 0.25) is 10.4 Å². The van der Waals surface area contributed by atoms with Crippen LogP contribution in [-0.4, -0.2) is 19.6 Å². The Labute approximate surface area is 98.7 Å². The lowest BCUT2D eigenvalue weighted by molar-refractivity contribution is 0.266. The lowest BCUT2D eigenvalue weighted by atomic mass is 10.0. The van der Waals surface area contributed by atoms with E-state index in [1.807, 2.05) is 13.0 Å². The molecule has 0 bridgehead atoms. The van der Waals surface area contributed by atoms with E-state index < -0.39 is 10.4 Å². The van der Waals surface area contributed by atoms with Crippen LogP contribution in [0.1, 0.15) is 46.5 Å². The maximum absolute atomic E-state index is 10.1. The van der Waals surface area contributed by atoms with E-state index in [1.165, 1.54) is 12.0 Å². The largest absolute Gasteiger partial charge is 0.726 e. The molecule has 0 aliphatic rings. The molecule has 0 heterocycles. The molecule has 0 saturated carbocycles. The fourth-order valence-corrected chi connectivity index (χ4v) is 1.65. The minimum atomic E-state index is -4.53. The van der Waals surface area contributed by atoms with Gasteiger partial charge in [-0.05, 0) is 32.1 Å². The molecule has 0 radical (unpaired) electrons. The average Bonchev–Trinajstić information content (AvgIpc) is 2.10. The topological polar surface area (TPSA) is 66.4 Å². The number of rotatable bonds is 8. The molecule has 5 heteroatoms. The van der Waals surface area contributed by atoms with Crippen LogP contribution in [-0.2, 0) is 14.6 Å². The first kappa shape index (κ1) is 15.6. The van der Waals surface area contributed by atoms with Gasteiger partial charge in [0.05, 0.1) is 6.61 Å². The summed E-state index contributed by atoms with van der Waals surface area (Å²) in [6, 6.07) is 0.